The Morgan fingerprint density at radius 3 is 2.65 bits per heavy atom. The quantitative estimate of drug-likeness (QED) is 0.576. The van der Waals surface area contributed by atoms with E-state index in [9.17, 15) is 5.11 Å². The molecular weight excluding hydrogens is 290 g/mol. The van der Waals surface area contributed by atoms with E-state index in [4.69, 9.17) is 4.74 Å². The van der Waals surface area contributed by atoms with Crippen LogP contribution in [0.5, 0.6) is 11.5 Å². The summed E-state index contributed by atoms with van der Waals surface area (Å²) < 4.78 is 5.20. The molecule has 0 aliphatic heterocycles. The van der Waals surface area contributed by atoms with Crippen molar-refractivity contribution in [2.45, 2.75) is 51.6 Å². The van der Waals surface area contributed by atoms with Crippen molar-refractivity contribution in [3.63, 3.8) is 0 Å². The van der Waals surface area contributed by atoms with Gasteiger partial charge in [0.1, 0.15) is 11.5 Å². The van der Waals surface area contributed by atoms with E-state index in [1.807, 2.05) is 6.07 Å². The van der Waals surface area contributed by atoms with Crippen molar-refractivity contribution in [3.8, 4) is 11.5 Å². The number of nitrogens with one attached hydrogen (secondary N) is 2. The summed E-state index contributed by atoms with van der Waals surface area (Å²) in [6.45, 7) is 2.78. The van der Waals surface area contributed by atoms with Crippen LogP contribution in [-0.2, 0) is 6.54 Å². The van der Waals surface area contributed by atoms with E-state index >= 15 is 0 Å². The van der Waals surface area contributed by atoms with Crippen molar-refractivity contribution in [3.05, 3.63) is 23.8 Å². The Kier molecular flexibility index (Phi) is 6.56. The first-order valence-electron chi connectivity index (χ1n) is 8.49. The maximum absolute atomic E-state index is 9.94. The van der Waals surface area contributed by atoms with E-state index in [1.165, 1.54) is 32.1 Å². The third-order valence-corrected chi connectivity index (χ3v) is 4.72. The highest BCUT2D eigenvalue weighted by Gasteiger charge is 2.20. The molecule has 0 amide bonds. The number of phenols is 1. The standard InChI is InChI=1S/C18H29N3O2/c1-4-13-5-7-15(8-6-13)21-18(19-2)20-12-14-11-16(23-3)9-10-17(14)22/h9-11,13,15,22H,4-8,12H2,1-3H3,(H2,19,20,21). The van der Waals surface area contributed by atoms with Crippen LogP contribution in [0.25, 0.3) is 0 Å². The highest BCUT2D eigenvalue weighted by Crippen LogP contribution is 2.26. The van der Waals surface area contributed by atoms with Crippen molar-refractivity contribution in [1.29, 1.82) is 0 Å². The lowest BCUT2D eigenvalue weighted by molar-refractivity contribution is 0.304. The van der Waals surface area contributed by atoms with Gasteiger partial charge in [0.15, 0.2) is 5.96 Å². The number of hydrogen-bond acceptors (Lipinski definition) is 3. The second-order valence-corrected chi connectivity index (χ2v) is 6.19. The zero-order valence-corrected chi connectivity index (χ0v) is 14.4. The molecule has 0 atom stereocenters. The third-order valence-electron chi connectivity index (χ3n) is 4.72. The summed E-state index contributed by atoms with van der Waals surface area (Å²) in [5, 5.41) is 16.7. The number of phenolic OH excluding ortho intramolecular Hbond substituents is 1. The lowest BCUT2D eigenvalue weighted by Gasteiger charge is -2.29. The molecule has 128 valence electrons. The van der Waals surface area contributed by atoms with Crippen molar-refractivity contribution in [2.24, 2.45) is 10.9 Å². The van der Waals surface area contributed by atoms with Crippen LogP contribution < -0.4 is 15.4 Å². The molecule has 0 heterocycles. The van der Waals surface area contributed by atoms with Crippen molar-refractivity contribution < 1.29 is 9.84 Å². The van der Waals surface area contributed by atoms with Gasteiger partial charge in [-0.2, -0.15) is 0 Å². The minimum atomic E-state index is 0.261. The predicted molar refractivity (Wildman–Crippen MR) is 94.0 cm³/mol. The molecule has 0 spiro atoms. The van der Waals surface area contributed by atoms with Gasteiger partial charge in [-0.3, -0.25) is 4.99 Å². The lowest BCUT2D eigenvalue weighted by Crippen LogP contribution is -2.44. The molecule has 2 rings (SSSR count). The fourth-order valence-corrected chi connectivity index (χ4v) is 3.11. The molecule has 0 radical (unpaired) electrons. The normalized spacial score (nSPS) is 21.8. The highest BCUT2D eigenvalue weighted by atomic mass is 16.5. The molecule has 1 aliphatic carbocycles. The van der Waals surface area contributed by atoms with E-state index in [0.29, 0.717) is 12.6 Å². The number of benzene rings is 1. The van der Waals surface area contributed by atoms with Gasteiger partial charge in [-0.25, -0.2) is 0 Å². The minimum Gasteiger partial charge on any atom is -0.508 e. The molecule has 1 fully saturated rings. The largest absolute Gasteiger partial charge is 0.508 e. The van der Waals surface area contributed by atoms with Gasteiger partial charge in [-0.15, -0.1) is 0 Å². The summed E-state index contributed by atoms with van der Waals surface area (Å²) >= 11 is 0. The van der Waals surface area contributed by atoms with E-state index in [2.05, 4.69) is 22.5 Å². The summed E-state index contributed by atoms with van der Waals surface area (Å²) in [5.74, 6) is 2.67. The smallest absolute Gasteiger partial charge is 0.191 e. The number of aliphatic imine (C=N–C) groups is 1. The summed E-state index contributed by atoms with van der Waals surface area (Å²) in [6.07, 6.45) is 6.27. The summed E-state index contributed by atoms with van der Waals surface area (Å²) in [6, 6.07) is 5.72. The lowest BCUT2D eigenvalue weighted by atomic mass is 9.84. The Morgan fingerprint density at radius 2 is 2.04 bits per heavy atom. The van der Waals surface area contributed by atoms with Gasteiger partial charge in [0.2, 0.25) is 0 Å². The van der Waals surface area contributed by atoms with Gasteiger partial charge in [0, 0.05) is 25.2 Å². The topological polar surface area (TPSA) is 65.9 Å². The highest BCUT2D eigenvalue weighted by molar-refractivity contribution is 5.80. The van der Waals surface area contributed by atoms with Crippen molar-refractivity contribution >= 4 is 5.96 Å². The fraction of sp³-hybridized carbons (Fsp3) is 0.611. The Balaban J connectivity index is 1.86. The molecule has 3 N–H and O–H groups in total. The zero-order valence-electron chi connectivity index (χ0n) is 14.4. The molecular formula is C18H29N3O2. The van der Waals surface area contributed by atoms with Gasteiger partial charge in [-0.05, 0) is 49.8 Å². The van der Waals surface area contributed by atoms with Crippen LogP contribution in [0.15, 0.2) is 23.2 Å². The number of rotatable bonds is 5. The van der Waals surface area contributed by atoms with Crippen LogP contribution in [0, 0.1) is 5.92 Å². The van der Waals surface area contributed by atoms with Crippen LogP contribution >= 0.6 is 0 Å². The fourth-order valence-electron chi connectivity index (χ4n) is 3.11. The average molecular weight is 319 g/mol. The third kappa shape index (κ3) is 5.05. The summed E-state index contributed by atoms with van der Waals surface area (Å²) in [5.41, 5.74) is 0.794. The molecule has 0 aromatic heterocycles. The van der Waals surface area contributed by atoms with Gasteiger partial charge < -0.3 is 20.5 Å². The zero-order chi connectivity index (χ0) is 16.7. The molecule has 1 aromatic carbocycles. The second-order valence-electron chi connectivity index (χ2n) is 6.19. The van der Waals surface area contributed by atoms with Crippen molar-refractivity contribution in [1.82, 2.24) is 10.6 Å². The molecule has 1 aliphatic rings. The predicted octanol–water partition coefficient (Wildman–Crippen LogP) is 3.03. The number of methoxy groups -OCH3 is 1. The number of guanidine groups is 1. The number of ether oxygens (including phenoxy) is 1. The van der Waals surface area contributed by atoms with Gasteiger partial charge in [0.25, 0.3) is 0 Å². The second kappa shape index (κ2) is 8.65. The van der Waals surface area contributed by atoms with Crippen LogP contribution in [0.3, 0.4) is 0 Å². The van der Waals surface area contributed by atoms with Crippen LogP contribution in [0.2, 0.25) is 0 Å². The SMILES string of the molecule is CCC1CCC(NC(=NC)NCc2cc(OC)ccc2O)CC1. The maximum Gasteiger partial charge on any atom is 0.191 e. The summed E-state index contributed by atoms with van der Waals surface area (Å²) in [7, 11) is 3.40. The Labute approximate surface area is 139 Å². The van der Waals surface area contributed by atoms with Crippen LogP contribution in [0.4, 0.5) is 0 Å². The van der Waals surface area contributed by atoms with Gasteiger partial charge in [0.05, 0.1) is 7.11 Å². The van der Waals surface area contributed by atoms with Gasteiger partial charge in [-0.1, -0.05) is 13.3 Å². The van der Waals surface area contributed by atoms with E-state index in [-0.39, 0.29) is 5.75 Å². The molecule has 0 unspecified atom stereocenters. The minimum absolute atomic E-state index is 0.261. The molecule has 23 heavy (non-hydrogen) atoms. The molecule has 1 aromatic rings. The van der Waals surface area contributed by atoms with E-state index in [0.717, 1.165) is 23.2 Å². The first kappa shape index (κ1) is 17.4. The van der Waals surface area contributed by atoms with E-state index in [1.54, 1.807) is 26.3 Å². The Hall–Kier alpha value is -1.91. The van der Waals surface area contributed by atoms with Gasteiger partial charge >= 0.3 is 0 Å². The van der Waals surface area contributed by atoms with Crippen LogP contribution in [0.1, 0.15) is 44.6 Å². The molecule has 0 saturated heterocycles. The molecule has 5 heteroatoms. The first-order valence-corrected chi connectivity index (χ1v) is 8.49. The Bertz CT molecular complexity index is 523. The number of aromatic hydroxyl groups is 1. The number of nitrogens with zero attached hydrogens (tertiary/aromatic N) is 1. The number of hydrogen-bond donors (Lipinski definition) is 3. The molecule has 5 nitrogen and oxygen atoms in total. The summed E-state index contributed by atoms with van der Waals surface area (Å²) in [4.78, 5) is 4.29. The Morgan fingerprint density at radius 1 is 1.30 bits per heavy atom. The molecule has 1 saturated carbocycles. The molecule has 0 bridgehead atoms. The van der Waals surface area contributed by atoms with E-state index < -0.39 is 0 Å². The van der Waals surface area contributed by atoms with Crippen LogP contribution in [-0.4, -0.2) is 31.3 Å². The first-order chi connectivity index (χ1) is 11.2. The monoisotopic (exact) mass is 319 g/mol. The maximum atomic E-state index is 9.94. The average Bonchev–Trinajstić information content (AvgIpc) is 2.60. The van der Waals surface area contributed by atoms with Crippen molar-refractivity contribution in [2.75, 3.05) is 14.2 Å².